The molecule has 0 N–H and O–H groups in total. The van der Waals surface area contributed by atoms with Crippen LogP contribution >= 0.6 is 23.2 Å². The number of halogens is 2. The highest BCUT2D eigenvalue weighted by atomic mass is 35.5. The van der Waals surface area contributed by atoms with Gasteiger partial charge in [-0.25, -0.2) is 0 Å². The predicted octanol–water partition coefficient (Wildman–Crippen LogP) is 5.46. The highest BCUT2D eigenvalue weighted by Gasteiger charge is 2.52. The van der Waals surface area contributed by atoms with Gasteiger partial charge in [-0.1, -0.05) is 53.5 Å². The molecule has 3 aromatic rings. The number of Topliss-reactive ketones (excluding diaryl/α,β-unsaturated/α-hetero) is 2. The van der Waals surface area contributed by atoms with Crippen LogP contribution in [-0.4, -0.2) is 17.5 Å². The summed E-state index contributed by atoms with van der Waals surface area (Å²) in [5.74, 6) is -3.01. The van der Waals surface area contributed by atoms with Gasteiger partial charge in [-0.15, -0.1) is 0 Å². The molecule has 1 heterocycles. The zero-order chi connectivity index (χ0) is 21.4. The average molecular weight is 438 g/mol. The van der Waals surface area contributed by atoms with Crippen molar-refractivity contribution in [1.29, 1.82) is 0 Å². The number of aryl methyl sites for hydroxylation is 1. The van der Waals surface area contributed by atoms with E-state index in [0.29, 0.717) is 26.9 Å². The van der Waals surface area contributed by atoms with Crippen molar-refractivity contribution in [2.75, 3.05) is 4.90 Å². The van der Waals surface area contributed by atoms with Crippen molar-refractivity contribution < 1.29 is 14.4 Å². The zero-order valence-corrected chi connectivity index (χ0v) is 17.5. The minimum absolute atomic E-state index is 0.344. The Balaban J connectivity index is 1.85. The molecule has 4 nitrogen and oxygen atoms in total. The Morgan fingerprint density at radius 3 is 2.20 bits per heavy atom. The Hall–Kier alpha value is -2.95. The molecule has 30 heavy (non-hydrogen) atoms. The SMILES string of the molecule is Cc1cc(C(=O)C2C(=O)C(=O)N(c3ccccc3)C2c2ccc(Cl)cc2)ccc1Cl. The van der Waals surface area contributed by atoms with Crippen LogP contribution in [0.1, 0.15) is 27.5 Å². The van der Waals surface area contributed by atoms with Crippen LogP contribution in [0.5, 0.6) is 0 Å². The quantitative estimate of drug-likeness (QED) is 0.309. The van der Waals surface area contributed by atoms with Gasteiger partial charge in [0.05, 0.1) is 6.04 Å². The molecule has 1 amide bonds. The van der Waals surface area contributed by atoms with Crippen LogP contribution in [0, 0.1) is 12.8 Å². The molecule has 2 unspecified atom stereocenters. The maximum Gasteiger partial charge on any atom is 0.295 e. The highest BCUT2D eigenvalue weighted by Crippen LogP contribution is 2.41. The lowest BCUT2D eigenvalue weighted by molar-refractivity contribution is -0.135. The van der Waals surface area contributed by atoms with Gasteiger partial charge < -0.3 is 0 Å². The predicted molar refractivity (Wildman–Crippen MR) is 117 cm³/mol. The molecule has 1 aliphatic heterocycles. The normalized spacial score (nSPS) is 18.7. The Morgan fingerprint density at radius 2 is 1.57 bits per heavy atom. The van der Waals surface area contributed by atoms with Crippen molar-refractivity contribution in [1.82, 2.24) is 0 Å². The Labute approximate surface area is 184 Å². The molecule has 1 fully saturated rings. The summed E-state index contributed by atoms with van der Waals surface area (Å²) in [5.41, 5.74) is 2.28. The second-order valence-corrected chi connectivity index (χ2v) is 8.02. The third-order valence-corrected chi connectivity index (χ3v) is 5.95. The lowest BCUT2D eigenvalue weighted by Crippen LogP contribution is -2.30. The van der Waals surface area contributed by atoms with Crippen molar-refractivity contribution in [2.24, 2.45) is 5.92 Å². The van der Waals surface area contributed by atoms with Crippen LogP contribution in [-0.2, 0) is 9.59 Å². The first-order valence-corrected chi connectivity index (χ1v) is 10.1. The number of nitrogens with zero attached hydrogens (tertiary/aromatic N) is 1. The summed E-state index contributed by atoms with van der Waals surface area (Å²) in [7, 11) is 0. The van der Waals surface area contributed by atoms with Crippen LogP contribution < -0.4 is 4.90 Å². The number of amides is 1. The second kappa shape index (κ2) is 8.05. The molecule has 0 radical (unpaired) electrons. The van der Waals surface area contributed by atoms with E-state index in [1.165, 1.54) is 4.90 Å². The van der Waals surface area contributed by atoms with Crippen LogP contribution in [0.2, 0.25) is 10.0 Å². The fraction of sp³-hybridized carbons (Fsp3) is 0.125. The van der Waals surface area contributed by atoms with Gasteiger partial charge in [-0.3, -0.25) is 19.3 Å². The van der Waals surface area contributed by atoms with Gasteiger partial charge in [0.15, 0.2) is 5.78 Å². The van der Waals surface area contributed by atoms with E-state index < -0.39 is 29.4 Å². The summed E-state index contributed by atoms with van der Waals surface area (Å²) >= 11 is 12.1. The molecular formula is C24H17Cl2NO3. The van der Waals surface area contributed by atoms with Gasteiger partial charge in [-0.05, 0) is 60.5 Å². The minimum Gasteiger partial charge on any atom is -0.297 e. The van der Waals surface area contributed by atoms with Crippen molar-refractivity contribution in [3.8, 4) is 0 Å². The van der Waals surface area contributed by atoms with E-state index in [0.717, 1.165) is 5.56 Å². The monoisotopic (exact) mass is 437 g/mol. The van der Waals surface area contributed by atoms with E-state index in [9.17, 15) is 14.4 Å². The molecule has 150 valence electrons. The summed E-state index contributed by atoms with van der Waals surface area (Å²) in [6, 6.07) is 19.8. The first-order valence-electron chi connectivity index (χ1n) is 9.37. The topological polar surface area (TPSA) is 54.5 Å². The van der Waals surface area contributed by atoms with Gasteiger partial charge in [0.2, 0.25) is 5.78 Å². The third-order valence-electron chi connectivity index (χ3n) is 5.28. The summed E-state index contributed by atoms with van der Waals surface area (Å²) in [5, 5.41) is 1.05. The molecule has 0 bridgehead atoms. The summed E-state index contributed by atoms with van der Waals surface area (Å²) in [6.45, 7) is 1.79. The number of benzene rings is 3. The van der Waals surface area contributed by atoms with Crippen LogP contribution in [0.15, 0.2) is 72.8 Å². The van der Waals surface area contributed by atoms with Gasteiger partial charge in [0, 0.05) is 21.3 Å². The minimum atomic E-state index is -1.17. The maximum absolute atomic E-state index is 13.4. The summed E-state index contributed by atoms with van der Waals surface area (Å²) in [4.78, 5) is 40.9. The molecule has 6 heteroatoms. The molecule has 0 saturated carbocycles. The molecule has 4 rings (SSSR count). The molecule has 1 aliphatic rings. The molecule has 3 aromatic carbocycles. The van der Waals surface area contributed by atoms with Crippen molar-refractivity contribution in [3.63, 3.8) is 0 Å². The fourth-order valence-corrected chi connectivity index (χ4v) is 4.02. The van der Waals surface area contributed by atoms with Crippen LogP contribution in [0.3, 0.4) is 0 Å². The number of anilines is 1. The van der Waals surface area contributed by atoms with E-state index in [1.54, 1.807) is 73.7 Å². The van der Waals surface area contributed by atoms with E-state index in [-0.39, 0.29) is 0 Å². The second-order valence-electron chi connectivity index (χ2n) is 7.18. The zero-order valence-electron chi connectivity index (χ0n) is 16.0. The molecule has 0 aliphatic carbocycles. The standard InChI is InChI=1S/C24H17Cl2NO3/c1-14-13-16(9-12-19(14)26)22(28)20-21(15-7-10-17(25)11-8-15)27(24(30)23(20)29)18-5-3-2-4-6-18/h2-13,20-21H,1H3. The van der Waals surface area contributed by atoms with Crippen molar-refractivity contribution >= 4 is 46.4 Å². The molecule has 1 saturated heterocycles. The lowest BCUT2D eigenvalue weighted by atomic mass is 9.86. The van der Waals surface area contributed by atoms with Gasteiger partial charge in [-0.2, -0.15) is 0 Å². The van der Waals surface area contributed by atoms with Crippen molar-refractivity contribution in [3.05, 3.63) is 99.5 Å². The number of para-hydroxylation sites is 1. The number of rotatable bonds is 4. The Kier molecular flexibility index (Phi) is 5.46. The van der Waals surface area contributed by atoms with Gasteiger partial charge in [0.25, 0.3) is 5.91 Å². The number of hydrogen-bond donors (Lipinski definition) is 0. The third kappa shape index (κ3) is 3.53. The highest BCUT2D eigenvalue weighted by molar-refractivity contribution is 6.49. The molecule has 0 aromatic heterocycles. The number of carbonyl (C=O) groups excluding carboxylic acids is 3. The molecule has 0 spiro atoms. The van der Waals surface area contributed by atoms with E-state index in [1.807, 2.05) is 6.07 Å². The Bertz CT molecular complexity index is 1140. The van der Waals surface area contributed by atoms with Gasteiger partial charge >= 0.3 is 0 Å². The smallest absolute Gasteiger partial charge is 0.295 e. The fourth-order valence-electron chi connectivity index (χ4n) is 3.78. The first kappa shape index (κ1) is 20.3. The molecular weight excluding hydrogens is 421 g/mol. The largest absolute Gasteiger partial charge is 0.297 e. The number of hydrogen-bond acceptors (Lipinski definition) is 3. The van der Waals surface area contributed by atoms with Crippen LogP contribution in [0.4, 0.5) is 5.69 Å². The molecule has 2 atom stereocenters. The number of ketones is 2. The van der Waals surface area contributed by atoms with Crippen LogP contribution in [0.25, 0.3) is 0 Å². The summed E-state index contributed by atoms with van der Waals surface area (Å²) < 4.78 is 0. The maximum atomic E-state index is 13.4. The van der Waals surface area contributed by atoms with E-state index in [2.05, 4.69) is 0 Å². The Morgan fingerprint density at radius 1 is 0.900 bits per heavy atom. The number of carbonyl (C=O) groups is 3. The lowest BCUT2D eigenvalue weighted by Gasteiger charge is -2.27. The van der Waals surface area contributed by atoms with Gasteiger partial charge in [0.1, 0.15) is 5.92 Å². The average Bonchev–Trinajstić information content (AvgIpc) is 3.01. The summed E-state index contributed by atoms with van der Waals surface area (Å²) in [6.07, 6.45) is 0. The van der Waals surface area contributed by atoms with E-state index in [4.69, 9.17) is 23.2 Å². The first-order chi connectivity index (χ1) is 14.4. The van der Waals surface area contributed by atoms with Crippen molar-refractivity contribution in [2.45, 2.75) is 13.0 Å². The van der Waals surface area contributed by atoms with E-state index >= 15 is 0 Å².